The third kappa shape index (κ3) is 5.07. The lowest BCUT2D eigenvalue weighted by atomic mass is 10.1. The number of amides is 4. The Balaban J connectivity index is 1.61. The van der Waals surface area contributed by atoms with E-state index >= 15 is 0 Å². The molecule has 0 aliphatic heterocycles. The summed E-state index contributed by atoms with van der Waals surface area (Å²) in [6, 6.07) is 13.6. The van der Waals surface area contributed by atoms with E-state index in [1.54, 1.807) is 48.5 Å². The van der Waals surface area contributed by atoms with Crippen molar-refractivity contribution in [3.8, 4) is 0 Å². The second kappa shape index (κ2) is 7.69. The van der Waals surface area contributed by atoms with Gasteiger partial charge < -0.3 is 21.7 Å². The van der Waals surface area contributed by atoms with Crippen LogP contribution in [0.3, 0.4) is 0 Å². The number of nitrogens with two attached hydrogens (primary N) is 1. The Labute approximate surface area is 151 Å². The zero-order valence-corrected chi connectivity index (χ0v) is 14.1. The second-order valence-electron chi connectivity index (χ2n) is 6.25. The van der Waals surface area contributed by atoms with Crippen LogP contribution >= 0.6 is 0 Å². The summed E-state index contributed by atoms with van der Waals surface area (Å²) in [5.41, 5.74) is 7.52. The second-order valence-corrected chi connectivity index (χ2v) is 6.25. The van der Waals surface area contributed by atoms with Gasteiger partial charge in [-0.1, -0.05) is 18.2 Å². The molecule has 0 heterocycles. The van der Waals surface area contributed by atoms with Crippen molar-refractivity contribution in [3.05, 3.63) is 59.7 Å². The van der Waals surface area contributed by atoms with Gasteiger partial charge in [0.25, 0.3) is 5.91 Å². The van der Waals surface area contributed by atoms with Crippen LogP contribution in [0.5, 0.6) is 0 Å². The van der Waals surface area contributed by atoms with E-state index < -0.39 is 5.91 Å². The monoisotopic (exact) mass is 352 g/mol. The van der Waals surface area contributed by atoms with Gasteiger partial charge in [-0.3, -0.25) is 9.59 Å². The molecule has 0 aromatic heterocycles. The predicted molar refractivity (Wildman–Crippen MR) is 98.9 cm³/mol. The molecule has 0 spiro atoms. The molecule has 0 unspecified atom stereocenters. The van der Waals surface area contributed by atoms with E-state index in [0.717, 1.165) is 18.4 Å². The van der Waals surface area contributed by atoms with Crippen LogP contribution in [0.2, 0.25) is 0 Å². The van der Waals surface area contributed by atoms with Crippen LogP contribution in [0.1, 0.15) is 28.8 Å². The van der Waals surface area contributed by atoms with Gasteiger partial charge in [-0.25, -0.2) is 4.79 Å². The normalized spacial score (nSPS) is 12.9. The fourth-order valence-electron chi connectivity index (χ4n) is 2.43. The molecule has 2 aromatic rings. The molecule has 134 valence electrons. The topological polar surface area (TPSA) is 113 Å². The molecule has 0 atom stereocenters. The van der Waals surface area contributed by atoms with Gasteiger partial charge in [0.2, 0.25) is 5.91 Å². The largest absolute Gasteiger partial charge is 0.369 e. The van der Waals surface area contributed by atoms with E-state index in [2.05, 4.69) is 16.0 Å². The number of nitrogens with one attached hydrogen (secondary N) is 3. The molecule has 1 aliphatic carbocycles. The Morgan fingerprint density at radius 3 is 2.35 bits per heavy atom. The third-order valence-corrected chi connectivity index (χ3v) is 3.89. The summed E-state index contributed by atoms with van der Waals surface area (Å²) in [7, 11) is 0. The summed E-state index contributed by atoms with van der Waals surface area (Å²) >= 11 is 0. The van der Waals surface area contributed by atoms with E-state index in [9.17, 15) is 14.4 Å². The minimum Gasteiger partial charge on any atom is -0.369 e. The molecule has 2 aromatic carbocycles. The highest BCUT2D eigenvalue weighted by Gasteiger charge is 2.23. The minimum atomic E-state index is -0.406. The van der Waals surface area contributed by atoms with Crippen molar-refractivity contribution < 1.29 is 14.4 Å². The molecule has 0 bridgehead atoms. The first-order chi connectivity index (χ1) is 12.5. The zero-order chi connectivity index (χ0) is 18.5. The number of carbonyl (C=O) groups excluding carboxylic acids is 3. The van der Waals surface area contributed by atoms with Gasteiger partial charge in [-0.15, -0.1) is 0 Å². The van der Waals surface area contributed by atoms with Crippen LogP contribution in [-0.4, -0.2) is 23.9 Å². The molecule has 0 radical (unpaired) electrons. The third-order valence-electron chi connectivity index (χ3n) is 3.89. The van der Waals surface area contributed by atoms with Gasteiger partial charge in [-0.2, -0.15) is 0 Å². The van der Waals surface area contributed by atoms with Crippen LogP contribution in [-0.2, 0) is 11.2 Å². The standard InChI is InChI=1S/C19H20N4O3/c20-17(24)10-12-4-6-14(7-5-12)21-18(25)13-2-1-3-16(11-13)23-19(26)22-15-8-9-15/h1-7,11,15H,8-10H2,(H2,20,24)(H,21,25)(H2,22,23,26). The maximum Gasteiger partial charge on any atom is 0.319 e. The first-order valence-electron chi connectivity index (χ1n) is 8.36. The van der Waals surface area contributed by atoms with Crippen molar-refractivity contribution in [2.75, 3.05) is 10.6 Å². The number of hydrogen-bond acceptors (Lipinski definition) is 3. The number of hydrogen-bond donors (Lipinski definition) is 4. The van der Waals surface area contributed by atoms with Crippen molar-refractivity contribution in [2.24, 2.45) is 5.73 Å². The summed E-state index contributed by atoms with van der Waals surface area (Å²) in [5.74, 6) is -0.698. The summed E-state index contributed by atoms with van der Waals surface area (Å²) in [4.78, 5) is 35.1. The van der Waals surface area contributed by atoms with Crippen molar-refractivity contribution in [2.45, 2.75) is 25.3 Å². The van der Waals surface area contributed by atoms with Crippen molar-refractivity contribution >= 4 is 29.2 Å². The van der Waals surface area contributed by atoms with E-state index in [4.69, 9.17) is 5.73 Å². The van der Waals surface area contributed by atoms with E-state index in [-0.39, 0.29) is 24.4 Å². The van der Waals surface area contributed by atoms with Crippen LogP contribution in [0.4, 0.5) is 16.2 Å². The number of urea groups is 1. The summed E-state index contributed by atoms with van der Waals surface area (Å²) in [6.45, 7) is 0. The Kier molecular flexibility index (Phi) is 5.17. The van der Waals surface area contributed by atoms with Crippen molar-refractivity contribution in [1.82, 2.24) is 5.32 Å². The Bertz CT molecular complexity index is 829. The molecular formula is C19H20N4O3. The van der Waals surface area contributed by atoms with Gasteiger partial charge in [0, 0.05) is 23.0 Å². The van der Waals surface area contributed by atoms with E-state index in [1.807, 2.05) is 0 Å². The van der Waals surface area contributed by atoms with Crippen LogP contribution in [0, 0.1) is 0 Å². The number of anilines is 2. The molecule has 7 nitrogen and oxygen atoms in total. The Morgan fingerprint density at radius 1 is 0.962 bits per heavy atom. The lowest BCUT2D eigenvalue weighted by Gasteiger charge is -2.09. The predicted octanol–water partition coefficient (Wildman–Crippen LogP) is 2.25. The molecule has 1 aliphatic rings. The smallest absolute Gasteiger partial charge is 0.319 e. The molecule has 5 N–H and O–H groups in total. The van der Waals surface area contributed by atoms with E-state index in [1.165, 1.54) is 0 Å². The first kappa shape index (κ1) is 17.5. The van der Waals surface area contributed by atoms with Gasteiger partial charge in [-0.05, 0) is 48.7 Å². The summed E-state index contributed by atoms with van der Waals surface area (Å²) in [5, 5.41) is 8.33. The van der Waals surface area contributed by atoms with E-state index in [0.29, 0.717) is 16.9 Å². The van der Waals surface area contributed by atoms with Crippen LogP contribution in [0.15, 0.2) is 48.5 Å². The fraction of sp³-hybridized carbons (Fsp3) is 0.211. The number of carbonyl (C=O) groups is 3. The van der Waals surface area contributed by atoms with Gasteiger partial charge in [0.1, 0.15) is 0 Å². The molecular weight excluding hydrogens is 332 g/mol. The highest BCUT2D eigenvalue weighted by molar-refractivity contribution is 6.05. The molecule has 1 fully saturated rings. The highest BCUT2D eigenvalue weighted by atomic mass is 16.2. The quantitative estimate of drug-likeness (QED) is 0.639. The number of rotatable bonds is 6. The SMILES string of the molecule is NC(=O)Cc1ccc(NC(=O)c2cccc(NC(=O)NC3CC3)c2)cc1. The van der Waals surface area contributed by atoms with Gasteiger partial charge in [0.15, 0.2) is 0 Å². The average Bonchev–Trinajstić information content (AvgIpc) is 3.40. The fourth-order valence-corrected chi connectivity index (χ4v) is 2.43. The van der Waals surface area contributed by atoms with Crippen molar-refractivity contribution in [1.29, 1.82) is 0 Å². The Morgan fingerprint density at radius 2 is 1.69 bits per heavy atom. The first-order valence-corrected chi connectivity index (χ1v) is 8.36. The molecule has 26 heavy (non-hydrogen) atoms. The number of primary amides is 1. The van der Waals surface area contributed by atoms with Crippen molar-refractivity contribution in [3.63, 3.8) is 0 Å². The molecule has 7 heteroatoms. The molecule has 1 saturated carbocycles. The maximum atomic E-state index is 12.4. The van der Waals surface area contributed by atoms with Gasteiger partial charge >= 0.3 is 6.03 Å². The summed E-state index contributed by atoms with van der Waals surface area (Å²) < 4.78 is 0. The zero-order valence-electron chi connectivity index (χ0n) is 14.1. The van der Waals surface area contributed by atoms with Crippen LogP contribution < -0.4 is 21.7 Å². The summed E-state index contributed by atoms with van der Waals surface area (Å²) in [6.07, 6.45) is 2.17. The maximum absolute atomic E-state index is 12.4. The molecule has 4 amide bonds. The van der Waals surface area contributed by atoms with Gasteiger partial charge in [0.05, 0.1) is 6.42 Å². The lowest BCUT2D eigenvalue weighted by molar-refractivity contribution is -0.117. The molecule has 0 saturated heterocycles. The highest BCUT2D eigenvalue weighted by Crippen LogP contribution is 2.19. The minimum absolute atomic E-state index is 0.158. The van der Waals surface area contributed by atoms with Crippen LogP contribution in [0.25, 0.3) is 0 Å². The average molecular weight is 352 g/mol. The Hall–Kier alpha value is -3.35. The lowest BCUT2D eigenvalue weighted by Crippen LogP contribution is -2.30. The number of benzene rings is 2. The molecule has 3 rings (SSSR count).